The molecule has 12 aromatic rings. The largest absolute Gasteiger partial charge is 0.418 e. The SMILES string of the molecule is FC(F)(F)c1ccccc1-c1ccc2c3ccc(-c4ccccc4C(F)(F)F)cc3n(-c3cc(-c4ccc(C(F)(F)F)c(-n5c6cc(-c7ccccc7C(F)(F)F)ccc6c6ccc(-c7ccccc7C(F)(F)F)cc65)c4)ccc3C(F)(F)F)c2c1. The van der Waals surface area contributed by atoms with E-state index >= 15 is 26.3 Å². The molecule has 0 bridgehead atoms. The van der Waals surface area contributed by atoms with Crippen molar-refractivity contribution in [2.45, 2.75) is 37.1 Å². The van der Waals surface area contributed by atoms with E-state index in [9.17, 15) is 52.7 Å². The minimum atomic E-state index is -5.28. The van der Waals surface area contributed by atoms with E-state index in [-0.39, 0.29) is 99.2 Å². The third-order valence-electron chi connectivity index (χ3n) is 15.1. The molecule has 0 amide bonds. The van der Waals surface area contributed by atoms with Crippen molar-refractivity contribution >= 4 is 43.6 Å². The molecule has 2 aromatic heterocycles. The predicted molar refractivity (Wildman–Crippen MR) is 292 cm³/mol. The van der Waals surface area contributed by atoms with Gasteiger partial charge in [-0.05, 0) is 128 Å². The van der Waals surface area contributed by atoms with Gasteiger partial charge in [-0.25, -0.2) is 0 Å². The van der Waals surface area contributed by atoms with E-state index < -0.39 is 81.8 Å². The van der Waals surface area contributed by atoms with Gasteiger partial charge in [0, 0.05) is 21.5 Å². The van der Waals surface area contributed by atoms with Crippen LogP contribution in [0.2, 0.25) is 0 Å². The molecule has 434 valence electrons. The molecule has 20 heteroatoms. The lowest BCUT2D eigenvalue weighted by molar-refractivity contribution is -0.138. The second-order valence-corrected chi connectivity index (χ2v) is 20.2. The molecule has 0 aliphatic carbocycles. The van der Waals surface area contributed by atoms with Crippen LogP contribution < -0.4 is 0 Å². The lowest BCUT2D eigenvalue weighted by atomic mass is 9.97. The van der Waals surface area contributed by atoms with E-state index in [1.54, 1.807) is 0 Å². The van der Waals surface area contributed by atoms with Crippen LogP contribution in [0.15, 0.2) is 206 Å². The van der Waals surface area contributed by atoms with Gasteiger partial charge in [0.25, 0.3) is 0 Å². The Morgan fingerprint density at radius 2 is 0.407 bits per heavy atom. The molecule has 10 aromatic carbocycles. The lowest BCUT2D eigenvalue weighted by Gasteiger charge is -2.20. The van der Waals surface area contributed by atoms with E-state index in [1.807, 2.05) is 0 Å². The molecule has 2 heterocycles. The number of benzene rings is 10. The van der Waals surface area contributed by atoms with Crippen molar-refractivity contribution in [3.05, 3.63) is 240 Å². The summed E-state index contributed by atoms with van der Waals surface area (Å²) in [5, 5.41) is 0.500. The zero-order valence-electron chi connectivity index (χ0n) is 43.3. The Bertz CT molecular complexity index is 4150. The molecule has 0 atom stereocenters. The molecule has 0 radical (unpaired) electrons. The third-order valence-corrected chi connectivity index (χ3v) is 15.1. The third kappa shape index (κ3) is 10.0. The van der Waals surface area contributed by atoms with Crippen molar-refractivity contribution in [2.24, 2.45) is 0 Å². The summed E-state index contributed by atoms with van der Waals surface area (Å²) < 4.78 is 271. The first-order chi connectivity index (χ1) is 40.5. The first-order valence-corrected chi connectivity index (χ1v) is 25.7. The molecule has 0 saturated heterocycles. The highest BCUT2D eigenvalue weighted by Crippen LogP contribution is 2.49. The van der Waals surface area contributed by atoms with Crippen LogP contribution >= 0.6 is 0 Å². The van der Waals surface area contributed by atoms with Crippen LogP contribution in [0.5, 0.6) is 0 Å². The van der Waals surface area contributed by atoms with Gasteiger partial charge in [-0.15, -0.1) is 0 Å². The maximum atomic E-state index is 15.7. The van der Waals surface area contributed by atoms with Crippen molar-refractivity contribution in [3.63, 3.8) is 0 Å². The van der Waals surface area contributed by atoms with E-state index in [4.69, 9.17) is 0 Å². The summed E-state index contributed by atoms with van der Waals surface area (Å²) in [4.78, 5) is 0. The van der Waals surface area contributed by atoms with Gasteiger partial charge in [0.15, 0.2) is 0 Å². The number of nitrogens with zero attached hydrogens (tertiary/aromatic N) is 2. The summed E-state index contributed by atoms with van der Waals surface area (Å²) >= 11 is 0. The molecule has 86 heavy (non-hydrogen) atoms. The Kier molecular flexibility index (Phi) is 13.3. The highest BCUT2D eigenvalue weighted by atomic mass is 19.4. The number of halogens is 18. The molecular formula is C66H34F18N2. The summed E-state index contributed by atoms with van der Waals surface area (Å²) in [6.45, 7) is 0. The number of rotatable bonds is 7. The Labute approximate surface area is 474 Å². The van der Waals surface area contributed by atoms with Crippen LogP contribution in [0.25, 0.3) is 111 Å². The quantitative estimate of drug-likeness (QED) is 0.141. The van der Waals surface area contributed by atoms with E-state index in [1.165, 1.54) is 97.1 Å². The zero-order valence-corrected chi connectivity index (χ0v) is 43.3. The van der Waals surface area contributed by atoms with Crippen LogP contribution in [-0.2, 0) is 37.1 Å². The van der Waals surface area contributed by atoms with Crippen LogP contribution in [-0.4, -0.2) is 9.13 Å². The fraction of sp³-hybridized carbons (Fsp3) is 0.0909. The van der Waals surface area contributed by atoms with Gasteiger partial charge in [0.05, 0.1) is 66.8 Å². The topological polar surface area (TPSA) is 9.86 Å². The van der Waals surface area contributed by atoms with Crippen LogP contribution in [0, 0.1) is 0 Å². The highest BCUT2D eigenvalue weighted by Gasteiger charge is 2.40. The van der Waals surface area contributed by atoms with Crippen LogP contribution in [0.1, 0.15) is 33.4 Å². The molecule has 0 aliphatic rings. The number of alkyl halides is 18. The average Bonchev–Trinajstić information content (AvgIpc) is 1.66. The standard InChI is InChI=1S/C66H34F18N2/c67-61(68,69)49-13-5-1-9-41(49)37-17-23-45-46-24-18-38(42-10-2-6-14-50(42)62(70,71)72)32-56(46)85(55(45)31-37)59-29-35(21-27-53(59)65(79,80)81)36-22-28-54(66(82,83)84)60(30-36)86-57-33-39(43-11-3-7-15-51(43)63(73,74)75)19-25-47(57)48-26-20-40(34-58(48)86)44-12-4-8-16-52(44)64(76,77)78/h1-34H. The molecule has 0 fully saturated rings. The Hall–Kier alpha value is -9.46. The Balaban J connectivity index is 1.16. The molecule has 0 unspecified atom stereocenters. The number of aromatic nitrogens is 2. The molecule has 0 spiro atoms. The van der Waals surface area contributed by atoms with Crippen LogP contribution in [0.3, 0.4) is 0 Å². The maximum absolute atomic E-state index is 15.7. The predicted octanol–water partition coefficient (Wildman–Crippen LogP) is 22.3. The summed E-state index contributed by atoms with van der Waals surface area (Å²) in [6.07, 6.45) is -30.3. The van der Waals surface area contributed by atoms with Crippen molar-refractivity contribution in [3.8, 4) is 67.0 Å². The summed E-state index contributed by atoms with van der Waals surface area (Å²) in [6, 6.07) is 37.6. The van der Waals surface area contributed by atoms with Crippen molar-refractivity contribution in [2.75, 3.05) is 0 Å². The number of hydrogen-bond acceptors (Lipinski definition) is 0. The van der Waals surface area contributed by atoms with E-state index in [0.717, 1.165) is 106 Å². The molecule has 0 aliphatic heterocycles. The zero-order chi connectivity index (χ0) is 61.2. The lowest BCUT2D eigenvalue weighted by Crippen LogP contribution is -2.12. The van der Waals surface area contributed by atoms with Gasteiger partial charge in [0.2, 0.25) is 0 Å². The van der Waals surface area contributed by atoms with Crippen LogP contribution in [0.4, 0.5) is 79.0 Å². The fourth-order valence-corrected chi connectivity index (χ4v) is 11.4. The molecule has 0 saturated carbocycles. The van der Waals surface area contributed by atoms with Gasteiger partial charge in [-0.3, -0.25) is 0 Å². The van der Waals surface area contributed by atoms with Crippen molar-refractivity contribution in [1.29, 1.82) is 0 Å². The Morgan fingerprint density at radius 1 is 0.198 bits per heavy atom. The van der Waals surface area contributed by atoms with Crippen molar-refractivity contribution in [1.82, 2.24) is 9.13 Å². The van der Waals surface area contributed by atoms with Gasteiger partial charge < -0.3 is 9.13 Å². The second-order valence-electron chi connectivity index (χ2n) is 20.2. The first kappa shape index (κ1) is 57.0. The molecular weight excluding hydrogens is 1160 g/mol. The number of hydrogen-bond donors (Lipinski definition) is 0. The van der Waals surface area contributed by atoms with Gasteiger partial charge >= 0.3 is 37.1 Å². The monoisotopic (exact) mass is 1200 g/mol. The first-order valence-electron chi connectivity index (χ1n) is 25.7. The van der Waals surface area contributed by atoms with Gasteiger partial charge in [-0.2, -0.15) is 79.0 Å². The van der Waals surface area contributed by atoms with E-state index in [0.29, 0.717) is 12.1 Å². The summed E-state index contributed by atoms with van der Waals surface area (Å²) in [5.41, 5.74) is -12.2. The smallest absolute Gasteiger partial charge is 0.309 e. The maximum Gasteiger partial charge on any atom is 0.418 e. The Morgan fingerprint density at radius 3 is 0.628 bits per heavy atom. The average molecular weight is 1200 g/mol. The summed E-state index contributed by atoms with van der Waals surface area (Å²) in [7, 11) is 0. The second kappa shape index (κ2) is 20.1. The molecule has 2 nitrogen and oxygen atoms in total. The van der Waals surface area contributed by atoms with E-state index in [2.05, 4.69) is 0 Å². The summed E-state index contributed by atoms with van der Waals surface area (Å²) in [5.74, 6) is 0. The minimum Gasteiger partial charge on any atom is -0.309 e. The molecule has 12 rings (SSSR count). The minimum absolute atomic E-state index is 0.125. The fourth-order valence-electron chi connectivity index (χ4n) is 11.4. The van der Waals surface area contributed by atoms with Gasteiger partial charge in [0.1, 0.15) is 0 Å². The molecule has 0 N–H and O–H groups in total. The number of fused-ring (bicyclic) bond motifs is 6. The van der Waals surface area contributed by atoms with Crippen molar-refractivity contribution < 1.29 is 79.0 Å². The normalized spacial score (nSPS) is 13.0. The highest BCUT2D eigenvalue weighted by molar-refractivity contribution is 6.13. The van der Waals surface area contributed by atoms with Gasteiger partial charge in [-0.1, -0.05) is 133 Å².